The Bertz CT molecular complexity index is 791. The van der Waals surface area contributed by atoms with Gasteiger partial charge in [0.15, 0.2) is 23.0 Å². The van der Waals surface area contributed by atoms with Gasteiger partial charge in [-0.3, -0.25) is 19.2 Å². The molecule has 172 valence electrons. The summed E-state index contributed by atoms with van der Waals surface area (Å²) < 4.78 is 25.5. The summed E-state index contributed by atoms with van der Waals surface area (Å²) in [4.78, 5) is 51.5. The summed E-state index contributed by atoms with van der Waals surface area (Å²) in [5, 5.41) is 0. The van der Waals surface area contributed by atoms with Gasteiger partial charge in [-0.25, -0.2) is 4.98 Å². The van der Waals surface area contributed by atoms with Crippen molar-refractivity contribution in [3.63, 3.8) is 0 Å². The molecule has 2 atom stereocenters. The SMILES string of the molecule is COc1ccnc(C(=O)C[C@@H](C)C(=O)O[C@@H](C)COC(=O)C(C)C)c1OCOC(C)=O. The average molecular weight is 439 g/mol. The van der Waals surface area contributed by atoms with Crippen LogP contribution in [0.3, 0.4) is 0 Å². The fraction of sp³-hybridized carbons (Fsp3) is 0.571. The molecule has 0 fully saturated rings. The third-order valence-corrected chi connectivity index (χ3v) is 3.96. The third kappa shape index (κ3) is 8.61. The number of Topliss-reactive ketones (excluding diaryl/α,β-unsaturated/α-hetero) is 1. The average Bonchev–Trinajstić information content (AvgIpc) is 2.71. The minimum atomic E-state index is -0.787. The predicted octanol–water partition coefficient (Wildman–Crippen LogP) is 2.33. The summed E-state index contributed by atoms with van der Waals surface area (Å²) >= 11 is 0. The van der Waals surface area contributed by atoms with E-state index in [0.717, 1.165) is 0 Å². The zero-order valence-corrected chi connectivity index (χ0v) is 18.6. The van der Waals surface area contributed by atoms with Gasteiger partial charge in [-0.2, -0.15) is 0 Å². The van der Waals surface area contributed by atoms with E-state index in [1.54, 1.807) is 20.8 Å². The summed E-state index contributed by atoms with van der Waals surface area (Å²) in [5.41, 5.74) is -0.0648. The second kappa shape index (κ2) is 12.5. The highest BCUT2D eigenvalue weighted by Crippen LogP contribution is 2.31. The van der Waals surface area contributed by atoms with E-state index in [9.17, 15) is 19.2 Å². The first-order valence-corrected chi connectivity index (χ1v) is 9.76. The van der Waals surface area contributed by atoms with Gasteiger partial charge in [-0.15, -0.1) is 0 Å². The van der Waals surface area contributed by atoms with Crippen LogP contribution in [0.5, 0.6) is 11.5 Å². The van der Waals surface area contributed by atoms with Crippen LogP contribution in [0.4, 0.5) is 0 Å². The van der Waals surface area contributed by atoms with Crippen LogP contribution in [0.15, 0.2) is 12.3 Å². The van der Waals surface area contributed by atoms with Crippen molar-refractivity contribution in [2.24, 2.45) is 11.8 Å². The molecule has 0 bridgehead atoms. The highest BCUT2D eigenvalue weighted by molar-refractivity contribution is 5.99. The molecule has 0 radical (unpaired) electrons. The minimum Gasteiger partial charge on any atom is -0.493 e. The van der Waals surface area contributed by atoms with E-state index in [-0.39, 0.29) is 36.1 Å². The van der Waals surface area contributed by atoms with Crippen molar-refractivity contribution >= 4 is 23.7 Å². The molecule has 0 saturated carbocycles. The number of carbonyl (C=O) groups excluding carboxylic acids is 4. The number of aromatic nitrogens is 1. The number of rotatable bonds is 12. The van der Waals surface area contributed by atoms with Gasteiger partial charge < -0.3 is 23.7 Å². The maximum atomic E-state index is 12.7. The topological polar surface area (TPSA) is 127 Å². The lowest BCUT2D eigenvalue weighted by Gasteiger charge is -2.18. The van der Waals surface area contributed by atoms with Crippen LogP contribution in [0.2, 0.25) is 0 Å². The van der Waals surface area contributed by atoms with Gasteiger partial charge in [0.1, 0.15) is 12.7 Å². The van der Waals surface area contributed by atoms with E-state index in [0.29, 0.717) is 0 Å². The molecule has 0 aliphatic rings. The van der Waals surface area contributed by atoms with Crippen molar-refractivity contribution in [2.75, 3.05) is 20.5 Å². The Morgan fingerprint density at radius 1 is 1.03 bits per heavy atom. The monoisotopic (exact) mass is 439 g/mol. The molecule has 0 aromatic carbocycles. The smallest absolute Gasteiger partial charge is 0.309 e. The van der Waals surface area contributed by atoms with Gasteiger partial charge in [-0.05, 0) is 6.92 Å². The van der Waals surface area contributed by atoms with Gasteiger partial charge >= 0.3 is 17.9 Å². The van der Waals surface area contributed by atoms with Crippen molar-refractivity contribution in [1.29, 1.82) is 0 Å². The molecule has 10 heteroatoms. The number of carbonyl (C=O) groups is 4. The Hall–Kier alpha value is -3.17. The van der Waals surface area contributed by atoms with Crippen molar-refractivity contribution < 1.29 is 42.9 Å². The van der Waals surface area contributed by atoms with Crippen LogP contribution in [0, 0.1) is 11.8 Å². The second-order valence-corrected chi connectivity index (χ2v) is 7.15. The van der Waals surface area contributed by atoms with Crippen LogP contribution in [0.1, 0.15) is 51.5 Å². The number of ether oxygens (including phenoxy) is 5. The predicted molar refractivity (Wildman–Crippen MR) is 108 cm³/mol. The van der Waals surface area contributed by atoms with Crippen molar-refractivity contribution in [1.82, 2.24) is 4.98 Å². The minimum absolute atomic E-state index is 0.00535. The summed E-state index contributed by atoms with van der Waals surface area (Å²) in [5.74, 6) is -2.90. The van der Waals surface area contributed by atoms with Gasteiger partial charge in [-0.1, -0.05) is 20.8 Å². The molecular formula is C21H29NO9. The molecule has 0 aliphatic carbocycles. The summed E-state index contributed by atoms with van der Waals surface area (Å²) in [6.07, 6.45) is 0.491. The zero-order chi connectivity index (χ0) is 23.6. The standard InChI is InChI=1S/C21H29NO9/c1-12(2)20(25)28-10-14(4)31-21(26)13(3)9-16(24)18-19(30-11-29-15(5)23)17(27-6)7-8-22-18/h7-8,12-14H,9-11H2,1-6H3/t13-,14+/m1/s1. The molecule has 1 heterocycles. The lowest BCUT2D eigenvalue weighted by molar-refractivity contribution is -0.162. The Kier molecular flexibility index (Phi) is 10.4. The first-order chi connectivity index (χ1) is 14.6. The number of ketones is 1. The van der Waals surface area contributed by atoms with Crippen LogP contribution >= 0.6 is 0 Å². The van der Waals surface area contributed by atoms with Crippen LogP contribution in [0.25, 0.3) is 0 Å². The van der Waals surface area contributed by atoms with Crippen molar-refractivity contribution in [2.45, 2.75) is 47.1 Å². The number of nitrogens with zero attached hydrogens (tertiary/aromatic N) is 1. The number of hydrogen-bond acceptors (Lipinski definition) is 10. The van der Waals surface area contributed by atoms with Crippen molar-refractivity contribution in [3.05, 3.63) is 18.0 Å². The molecule has 0 spiro atoms. The van der Waals surface area contributed by atoms with E-state index in [4.69, 9.17) is 23.7 Å². The molecule has 1 rings (SSSR count). The molecule has 0 unspecified atom stereocenters. The van der Waals surface area contributed by atoms with Crippen molar-refractivity contribution in [3.8, 4) is 11.5 Å². The van der Waals surface area contributed by atoms with Crippen LogP contribution < -0.4 is 9.47 Å². The molecule has 1 aromatic rings. The normalized spacial score (nSPS) is 12.5. The lowest BCUT2D eigenvalue weighted by atomic mass is 10.0. The highest BCUT2D eigenvalue weighted by Gasteiger charge is 2.26. The first-order valence-electron chi connectivity index (χ1n) is 9.76. The van der Waals surface area contributed by atoms with E-state index in [2.05, 4.69) is 4.98 Å². The van der Waals surface area contributed by atoms with E-state index in [1.807, 2.05) is 0 Å². The molecule has 0 N–H and O–H groups in total. The maximum Gasteiger partial charge on any atom is 0.309 e. The van der Waals surface area contributed by atoms with E-state index < -0.39 is 42.5 Å². The quantitative estimate of drug-likeness (QED) is 0.207. The molecule has 1 aromatic heterocycles. The molecule has 31 heavy (non-hydrogen) atoms. The fourth-order valence-corrected chi connectivity index (χ4v) is 2.27. The van der Waals surface area contributed by atoms with E-state index >= 15 is 0 Å². The number of esters is 3. The summed E-state index contributed by atoms with van der Waals surface area (Å²) in [6, 6.07) is 1.48. The largest absolute Gasteiger partial charge is 0.493 e. The number of methoxy groups -OCH3 is 1. The lowest BCUT2D eigenvalue weighted by Crippen LogP contribution is -2.27. The summed E-state index contributed by atoms with van der Waals surface area (Å²) in [6.45, 7) is 7.23. The molecule has 10 nitrogen and oxygen atoms in total. The summed E-state index contributed by atoms with van der Waals surface area (Å²) in [7, 11) is 1.38. The zero-order valence-electron chi connectivity index (χ0n) is 18.6. The van der Waals surface area contributed by atoms with Gasteiger partial charge in [0.25, 0.3) is 0 Å². The van der Waals surface area contributed by atoms with Gasteiger partial charge in [0, 0.05) is 25.6 Å². The Morgan fingerprint density at radius 2 is 1.71 bits per heavy atom. The maximum absolute atomic E-state index is 12.7. The highest BCUT2D eigenvalue weighted by atomic mass is 16.7. The second-order valence-electron chi connectivity index (χ2n) is 7.15. The Balaban J connectivity index is 2.75. The van der Waals surface area contributed by atoms with Gasteiger partial charge in [0.05, 0.1) is 18.9 Å². The van der Waals surface area contributed by atoms with Crippen LogP contribution in [-0.4, -0.2) is 55.3 Å². The molecule has 0 amide bonds. The first kappa shape index (κ1) is 25.9. The van der Waals surface area contributed by atoms with Crippen LogP contribution in [-0.2, 0) is 28.6 Å². The van der Waals surface area contributed by atoms with E-state index in [1.165, 1.54) is 33.2 Å². The fourth-order valence-electron chi connectivity index (χ4n) is 2.27. The third-order valence-electron chi connectivity index (χ3n) is 3.96. The number of hydrogen-bond donors (Lipinski definition) is 0. The Morgan fingerprint density at radius 3 is 2.29 bits per heavy atom. The number of pyridine rings is 1. The molecule has 0 saturated heterocycles. The van der Waals surface area contributed by atoms with Gasteiger partial charge in [0.2, 0.25) is 6.79 Å². The molecular weight excluding hydrogens is 410 g/mol. The Labute approximate surface area is 181 Å². The molecule has 0 aliphatic heterocycles.